The van der Waals surface area contributed by atoms with Crippen molar-refractivity contribution in [2.75, 3.05) is 13.1 Å². The van der Waals surface area contributed by atoms with Crippen LogP contribution in [0.1, 0.15) is 59.3 Å². The van der Waals surface area contributed by atoms with E-state index in [1.165, 1.54) is 51.6 Å². The largest absolute Gasteiger partial charge is 0.311 e. The van der Waals surface area contributed by atoms with E-state index in [-0.39, 0.29) is 0 Å². The molecule has 2 saturated carbocycles. The molecule has 0 aromatic carbocycles. The smallest absolute Gasteiger partial charge is 0.0247 e. The van der Waals surface area contributed by atoms with Gasteiger partial charge >= 0.3 is 0 Å². The molecule has 2 aliphatic carbocycles. The summed E-state index contributed by atoms with van der Waals surface area (Å²) in [7, 11) is 0. The lowest BCUT2D eigenvalue weighted by molar-refractivity contribution is 0.0342. The molecule has 1 saturated heterocycles. The minimum Gasteiger partial charge on any atom is -0.311 e. The van der Waals surface area contributed by atoms with E-state index < -0.39 is 0 Å². The molecule has 0 amide bonds. The Hall–Kier alpha value is -0.0800. The van der Waals surface area contributed by atoms with E-state index in [0.717, 1.165) is 35.9 Å². The first-order valence-corrected chi connectivity index (χ1v) is 8.66. The molecule has 0 radical (unpaired) electrons. The van der Waals surface area contributed by atoms with Crippen molar-refractivity contribution in [1.29, 1.82) is 0 Å². The lowest BCUT2D eigenvalue weighted by Crippen LogP contribution is -2.62. The van der Waals surface area contributed by atoms with Crippen LogP contribution in [-0.2, 0) is 0 Å². The van der Waals surface area contributed by atoms with E-state index in [4.69, 9.17) is 0 Å². The van der Waals surface area contributed by atoms with E-state index >= 15 is 0 Å². The molecule has 3 unspecified atom stereocenters. The Kier molecular flexibility index (Phi) is 4.19. The van der Waals surface area contributed by atoms with E-state index in [0.29, 0.717) is 0 Å². The summed E-state index contributed by atoms with van der Waals surface area (Å²) in [6, 6.07) is 2.35. The average Bonchev–Trinajstić information content (AvgIpc) is 3.12. The van der Waals surface area contributed by atoms with Crippen LogP contribution in [0.25, 0.3) is 0 Å². The maximum absolute atomic E-state index is 3.85. The third-order valence-corrected chi connectivity index (χ3v) is 5.99. The van der Waals surface area contributed by atoms with Crippen LogP contribution in [0.3, 0.4) is 0 Å². The summed E-state index contributed by atoms with van der Waals surface area (Å²) in [6.45, 7) is 9.85. The van der Waals surface area contributed by atoms with Gasteiger partial charge < -0.3 is 5.32 Å². The van der Waals surface area contributed by atoms with Crippen LogP contribution in [-0.4, -0.2) is 36.1 Å². The molecule has 0 aromatic rings. The van der Waals surface area contributed by atoms with Crippen molar-refractivity contribution in [3.05, 3.63) is 0 Å². The molecule has 19 heavy (non-hydrogen) atoms. The summed E-state index contributed by atoms with van der Waals surface area (Å²) in [6.07, 6.45) is 8.83. The van der Waals surface area contributed by atoms with Crippen molar-refractivity contribution in [3.8, 4) is 0 Å². The fourth-order valence-corrected chi connectivity index (χ4v) is 4.43. The number of piperazine rings is 1. The van der Waals surface area contributed by atoms with Gasteiger partial charge in [0.15, 0.2) is 0 Å². The fraction of sp³-hybridized carbons (Fsp3) is 1.00. The molecule has 2 heteroatoms. The first kappa shape index (κ1) is 13.9. The SMILES string of the molecule is CC(C)C1CNC(C2CC2)CN1C(C)C1CCCC1. The summed E-state index contributed by atoms with van der Waals surface area (Å²) < 4.78 is 0. The van der Waals surface area contributed by atoms with E-state index in [2.05, 4.69) is 31.0 Å². The Bertz CT molecular complexity index is 292. The van der Waals surface area contributed by atoms with Crippen molar-refractivity contribution in [1.82, 2.24) is 10.2 Å². The minimum atomic E-state index is 0.755. The van der Waals surface area contributed by atoms with Crippen molar-refractivity contribution < 1.29 is 0 Å². The Balaban J connectivity index is 1.68. The number of hydrogen-bond acceptors (Lipinski definition) is 2. The van der Waals surface area contributed by atoms with Crippen LogP contribution < -0.4 is 5.32 Å². The number of nitrogens with one attached hydrogen (secondary N) is 1. The predicted molar refractivity (Wildman–Crippen MR) is 81.3 cm³/mol. The topological polar surface area (TPSA) is 15.3 Å². The lowest BCUT2D eigenvalue weighted by Gasteiger charge is -2.47. The Morgan fingerprint density at radius 3 is 2.26 bits per heavy atom. The molecule has 1 heterocycles. The molecule has 3 aliphatic rings. The van der Waals surface area contributed by atoms with Crippen LogP contribution in [0.2, 0.25) is 0 Å². The number of hydrogen-bond donors (Lipinski definition) is 1. The summed E-state index contributed by atoms with van der Waals surface area (Å²) in [5.41, 5.74) is 0. The zero-order chi connectivity index (χ0) is 13.4. The van der Waals surface area contributed by atoms with Gasteiger partial charge in [0.25, 0.3) is 0 Å². The molecule has 0 aromatic heterocycles. The van der Waals surface area contributed by atoms with Gasteiger partial charge in [0.05, 0.1) is 0 Å². The second-order valence-electron chi connectivity index (χ2n) is 7.65. The average molecular weight is 264 g/mol. The molecule has 3 atom stereocenters. The van der Waals surface area contributed by atoms with Crippen molar-refractivity contribution in [3.63, 3.8) is 0 Å². The van der Waals surface area contributed by atoms with E-state index in [1.54, 1.807) is 0 Å². The van der Waals surface area contributed by atoms with Crippen LogP contribution in [0.5, 0.6) is 0 Å². The van der Waals surface area contributed by atoms with Gasteiger partial charge in [-0.3, -0.25) is 4.90 Å². The first-order valence-electron chi connectivity index (χ1n) is 8.66. The fourth-order valence-electron chi connectivity index (χ4n) is 4.43. The molecule has 110 valence electrons. The monoisotopic (exact) mass is 264 g/mol. The van der Waals surface area contributed by atoms with Crippen molar-refractivity contribution in [2.45, 2.75) is 77.4 Å². The molecule has 1 aliphatic heterocycles. The molecular formula is C17H32N2. The standard InChI is InChI=1S/C17H32N2/c1-12(2)17-10-18-16(15-8-9-15)11-19(17)13(3)14-6-4-5-7-14/h12-18H,4-11H2,1-3H3. The molecule has 0 spiro atoms. The van der Waals surface area contributed by atoms with Crippen LogP contribution >= 0.6 is 0 Å². The highest BCUT2D eigenvalue weighted by Gasteiger charge is 2.41. The Labute approximate surface area is 119 Å². The highest BCUT2D eigenvalue weighted by atomic mass is 15.3. The van der Waals surface area contributed by atoms with E-state index in [9.17, 15) is 0 Å². The highest BCUT2D eigenvalue weighted by Crippen LogP contribution is 2.37. The van der Waals surface area contributed by atoms with Gasteiger partial charge in [0.1, 0.15) is 0 Å². The van der Waals surface area contributed by atoms with Crippen LogP contribution in [0.15, 0.2) is 0 Å². The van der Waals surface area contributed by atoms with Crippen LogP contribution in [0.4, 0.5) is 0 Å². The zero-order valence-electron chi connectivity index (χ0n) is 13.1. The van der Waals surface area contributed by atoms with Gasteiger partial charge in [-0.1, -0.05) is 26.7 Å². The Morgan fingerprint density at radius 1 is 1.00 bits per heavy atom. The number of rotatable bonds is 4. The van der Waals surface area contributed by atoms with Gasteiger partial charge in [0, 0.05) is 31.2 Å². The van der Waals surface area contributed by atoms with Gasteiger partial charge in [-0.15, -0.1) is 0 Å². The quantitative estimate of drug-likeness (QED) is 0.838. The van der Waals surface area contributed by atoms with Crippen LogP contribution in [0, 0.1) is 17.8 Å². The van der Waals surface area contributed by atoms with E-state index in [1.807, 2.05) is 0 Å². The van der Waals surface area contributed by atoms with Crippen molar-refractivity contribution >= 4 is 0 Å². The summed E-state index contributed by atoms with van der Waals surface area (Å²) in [5, 5.41) is 3.85. The van der Waals surface area contributed by atoms with Gasteiger partial charge in [-0.25, -0.2) is 0 Å². The molecular weight excluding hydrogens is 232 g/mol. The maximum Gasteiger partial charge on any atom is 0.0247 e. The summed E-state index contributed by atoms with van der Waals surface area (Å²) in [5.74, 6) is 2.74. The van der Waals surface area contributed by atoms with Gasteiger partial charge in [-0.05, 0) is 50.4 Å². The first-order chi connectivity index (χ1) is 9.16. The molecule has 3 fully saturated rings. The highest BCUT2D eigenvalue weighted by molar-refractivity contribution is 4.97. The summed E-state index contributed by atoms with van der Waals surface area (Å²) >= 11 is 0. The molecule has 3 rings (SSSR count). The molecule has 1 N–H and O–H groups in total. The minimum absolute atomic E-state index is 0.755. The van der Waals surface area contributed by atoms with Gasteiger partial charge in [-0.2, -0.15) is 0 Å². The molecule has 0 bridgehead atoms. The molecule has 2 nitrogen and oxygen atoms in total. The predicted octanol–water partition coefficient (Wildman–Crippen LogP) is 3.27. The third-order valence-electron chi connectivity index (χ3n) is 5.99. The zero-order valence-corrected chi connectivity index (χ0v) is 13.1. The normalized spacial score (nSPS) is 36.0. The van der Waals surface area contributed by atoms with Crippen molar-refractivity contribution in [2.24, 2.45) is 17.8 Å². The summed E-state index contributed by atoms with van der Waals surface area (Å²) in [4.78, 5) is 2.89. The maximum atomic E-state index is 3.85. The Morgan fingerprint density at radius 2 is 1.68 bits per heavy atom. The third kappa shape index (κ3) is 3.00. The lowest BCUT2D eigenvalue weighted by atomic mass is 9.90. The second kappa shape index (κ2) is 5.73. The second-order valence-corrected chi connectivity index (χ2v) is 7.65. The number of nitrogens with zero attached hydrogens (tertiary/aromatic N) is 1. The van der Waals surface area contributed by atoms with Gasteiger partial charge in [0.2, 0.25) is 0 Å².